The van der Waals surface area contributed by atoms with Crippen molar-refractivity contribution in [2.24, 2.45) is 0 Å². The van der Waals surface area contributed by atoms with Crippen LogP contribution in [0.5, 0.6) is 0 Å². The Morgan fingerprint density at radius 2 is 1.75 bits per heavy atom. The average molecular weight is 414 g/mol. The molecule has 0 atom stereocenters. The minimum absolute atomic E-state index is 0.202. The molecule has 0 aliphatic carbocycles. The van der Waals surface area contributed by atoms with Crippen LogP contribution in [0.3, 0.4) is 0 Å². The molecule has 28 heavy (non-hydrogen) atoms. The smallest absolute Gasteiger partial charge is 0.338 e. The molecule has 1 N–H and O–H groups in total. The summed E-state index contributed by atoms with van der Waals surface area (Å²) in [5.74, 6) is -3.90. The molecule has 0 unspecified atom stereocenters. The molecule has 2 aromatic rings. The van der Waals surface area contributed by atoms with Gasteiger partial charge in [-0.1, -0.05) is 0 Å². The molecule has 0 saturated heterocycles. The minimum atomic E-state index is -3.91. The number of amides is 1. The molecule has 0 spiro atoms. The van der Waals surface area contributed by atoms with Crippen molar-refractivity contribution in [2.45, 2.75) is 4.90 Å². The monoisotopic (exact) mass is 414 g/mol. The largest absolute Gasteiger partial charge is 0.452 e. The number of nitrogens with zero attached hydrogens (tertiary/aromatic N) is 1. The van der Waals surface area contributed by atoms with E-state index in [1.54, 1.807) is 0 Å². The molecule has 0 aliphatic rings. The summed E-state index contributed by atoms with van der Waals surface area (Å²) in [6, 6.07) is 4.86. The summed E-state index contributed by atoms with van der Waals surface area (Å²) >= 11 is 0. The van der Waals surface area contributed by atoms with Gasteiger partial charge in [-0.25, -0.2) is 22.0 Å². The van der Waals surface area contributed by atoms with Crippen LogP contribution in [-0.4, -0.2) is 38.1 Å². The molecule has 2 rings (SSSR count). The van der Waals surface area contributed by atoms with Crippen LogP contribution >= 0.6 is 0 Å². The zero-order valence-electron chi connectivity index (χ0n) is 14.1. The summed E-state index contributed by atoms with van der Waals surface area (Å²) in [5, 5.41) is 13.1. The van der Waals surface area contributed by atoms with Gasteiger partial charge in [0.25, 0.3) is 11.6 Å². The number of nitro benzene ring substituents is 1. The first-order valence-electron chi connectivity index (χ1n) is 7.39. The van der Waals surface area contributed by atoms with Crippen LogP contribution in [0.2, 0.25) is 0 Å². The van der Waals surface area contributed by atoms with Gasteiger partial charge in [-0.2, -0.15) is 0 Å². The van der Waals surface area contributed by atoms with Gasteiger partial charge in [-0.15, -0.1) is 0 Å². The zero-order chi connectivity index (χ0) is 21.1. The third-order valence-corrected chi connectivity index (χ3v) is 4.42. The van der Waals surface area contributed by atoms with Crippen molar-refractivity contribution in [2.75, 3.05) is 18.2 Å². The molecule has 1 amide bonds. The topological polar surface area (TPSA) is 133 Å². The van der Waals surface area contributed by atoms with Gasteiger partial charge in [0, 0.05) is 24.1 Å². The van der Waals surface area contributed by atoms with E-state index in [0.717, 1.165) is 30.5 Å². The second-order valence-corrected chi connectivity index (χ2v) is 7.48. The fourth-order valence-corrected chi connectivity index (χ4v) is 2.97. The predicted molar refractivity (Wildman–Crippen MR) is 91.5 cm³/mol. The average Bonchev–Trinajstić information content (AvgIpc) is 2.57. The van der Waals surface area contributed by atoms with E-state index >= 15 is 0 Å². The van der Waals surface area contributed by atoms with Crippen LogP contribution < -0.4 is 5.32 Å². The second-order valence-electron chi connectivity index (χ2n) is 5.49. The molecule has 0 saturated carbocycles. The molecular weight excluding hydrogens is 402 g/mol. The molecule has 0 heterocycles. The Balaban J connectivity index is 2.09. The number of anilines is 1. The lowest BCUT2D eigenvalue weighted by Crippen LogP contribution is -2.21. The summed E-state index contributed by atoms with van der Waals surface area (Å²) in [6.45, 7) is -0.849. The van der Waals surface area contributed by atoms with E-state index < -0.39 is 55.5 Å². The maximum absolute atomic E-state index is 13.1. The molecule has 2 aromatic carbocycles. The summed E-state index contributed by atoms with van der Waals surface area (Å²) in [6.07, 6.45) is 0.771. The normalized spacial score (nSPS) is 11.0. The second kappa shape index (κ2) is 8.08. The Morgan fingerprint density at radius 1 is 1.14 bits per heavy atom. The summed E-state index contributed by atoms with van der Waals surface area (Å²) in [4.78, 5) is 33.1. The van der Waals surface area contributed by atoms with E-state index in [4.69, 9.17) is 0 Å². The van der Waals surface area contributed by atoms with Crippen molar-refractivity contribution in [1.82, 2.24) is 0 Å². The highest BCUT2D eigenvalue weighted by Crippen LogP contribution is 2.25. The summed E-state index contributed by atoms with van der Waals surface area (Å²) in [5.41, 5.74) is -1.38. The number of nitro groups is 1. The number of rotatable bonds is 6. The molecule has 0 bridgehead atoms. The van der Waals surface area contributed by atoms with E-state index in [2.05, 4.69) is 10.1 Å². The molecular formula is C16H12F2N2O7S. The Morgan fingerprint density at radius 3 is 2.29 bits per heavy atom. The number of halogens is 2. The Bertz CT molecular complexity index is 1050. The fraction of sp³-hybridized carbons (Fsp3) is 0.125. The van der Waals surface area contributed by atoms with Crippen molar-refractivity contribution < 1.29 is 36.4 Å². The van der Waals surface area contributed by atoms with Crippen LogP contribution in [0.25, 0.3) is 0 Å². The molecule has 0 aromatic heterocycles. The van der Waals surface area contributed by atoms with Crippen molar-refractivity contribution in [1.29, 1.82) is 0 Å². The number of benzene rings is 2. The first kappa shape index (κ1) is 20.9. The van der Waals surface area contributed by atoms with Gasteiger partial charge in [0.05, 0.1) is 10.5 Å². The molecule has 0 radical (unpaired) electrons. The highest BCUT2D eigenvalue weighted by Gasteiger charge is 2.24. The Labute approximate surface area is 157 Å². The van der Waals surface area contributed by atoms with Gasteiger partial charge in [0.2, 0.25) is 0 Å². The number of hydrogen-bond acceptors (Lipinski definition) is 7. The number of carbonyl (C=O) groups excluding carboxylic acids is 2. The highest BCUT2D eigenvalue weighted by molar-refractivity contribution is 7.90. The van der Waals surface area contributed by atoms with Crippen molar-refractivity contribution in [3.8, 4) is 0 Å². The van der Waals surface area contributed by atoms with Gasteiger partial charge in [-0.05, 0) is 24.3 Å². The fourth-order valence-electron chi connectivity index (χ4n) is 2.14. The van der Waals surface area contributed by atoms with Crippen molar-refractivity contribution in [3.05, 3.63) is 63.7 Å². The van der Waals surface area contributed by atoms with Crippen LogP contribution in [0.1, 0.15) is 10.4 Å². The van der Waals surface area contributed by atoms with E-state index in [1.165, 1.54) is 0 Å². The number of esters is 1. The standard InChI is InChI=1S/C16H12F2N2O7S/c1-28(25,26)14-3-2-9(4-13(14)20(23)24)16(22)27-8-15(21)19-12-6-10(17)5-11(18)7-12/h2-7H,8H2,1H3,(H,19,21). The zero-order valence-corrected chi connectivity index (χ0v) is 15.0. The lowest BCUT2D eigenvalue weighted by molar-refractivity contribution is -0.387. The van der Waals surface area contributed by atoms with Crippen molar-refractivity contribution in [3.63, 3.8) is 0 Å². The maximum Gasteiger partial charge on any atom is 0.338 e. The quantitative estimate of drug-likeness (QED) is 0.435. The number of sulfone groups is 1. The number of carbonyl (C=O) groups is 2. The maximum atomic E-state index is 13.1. The summed E-state index contributed by atoms with van der Waals surface area (Å²) in [7, 11) is -3.91. The van der Waals surface area contributed by atoms with Gasteiger partial charge in [-0.3, -0.25) is 14.9 Å². The number of ether oxygens (including phenoxy) is 1. The number of hydrogen-bond donors (Lipinski definition) is 1. The molecule has 148 valence electrons. The van der Waals surface area contributed by atoms with E-state index in [-0.39, 0.29) is 11.3 Å². The van der Waals surface area contributed by atoms with Gasteiger partial charge in [0.15, 0.2) is 16.4 Å². The van der Waals surface area contributed by atoms with Crippen LogP contribution in [0, 0.1) is 21.7 Å². The van der Waals surface area contributed by atoms with E-state index in [9.17, 15) is 36.9 Å². The van der Waals surface area contributed by atoms with E-state index in [0.29, 0.717) is 12.1 Å². The summed E-state index contributed by atoms with van der Waals surface area (Å²) < 4.78 is 53.9. The predicted octanol–water partition coefficient (Wildman–Crippen LogP) is 2.07. The van der Waals surface area contributed by atoms with Gasteiger partial charge in [0.1, 0.15) is 16.5 Å². The third kappa shape index (κ3) is 5.30. The first-order valence-corrected chi connectivity index (χ1v) is 9.28. The van der Waals surface area contributed by atoms with Gasteiger partial charge < -0.3 is 10.1 Å². The SMILES string of the molecule is CS(=O)(=O)c1ccc(C(=O)OCC(=O)Nc2cc(F)cc(F)c2)cc1[N+](=O)[O-]. The van der Waals surface area contributed by atoms with Gasteiger partial charge >= 0.3 is 5.97 Å². The Kier molecular flexibility index (Phi) is 6.03. The van der Waals surface area contributed by atoms with E-state index in [1.807, 2.05) is 0 Å². The molecule has 0 fully saturated rings. The highest BCUT2D eigenvalue weighted by atomic mass is 32.2. The van der Waals surface area contributed by atoms with Crippen molar-refractivity contribution >= 4 is 33.1 Å². The minimum Gasteiger partial charge on any atom is -0.452 e. The molecule has 9 nitrogen and oxygen atoms in total. The van der Waals surface area contributed by atoms with Crippen LogP contribution in [0.4, 0.5) is 20.2 Å². The van der Waals surface area contributed by atoms with Crippen LogP contribution in [0.15, 0.2) is 41.3 Å². The first-order chi connectivity index (χ1) is 13.0. The number of nitrogens with one attached hydrogen (secondary N) is 1. The molecule has 12 heteroatoms. The Hall–Kier alpha value is -3.41. The lowest BCUT2D eigenvalue weighted by atomic mass is 10.2. The lowest BCUT2D eigenvalue weighted by Gasteiger charge is -2.08. The third-order valence-electron chi connectivity index (χ3n) is 3.27. The molecule has 0 aliphatic heterocycles. The van der Waals surface area contributed by atoms with Crippen LogP contribution in [-0.2, 0) is 19.4 Å².